The number of H-pyrrole nitrogens is 1. The number of aromatic amines is 1. The van der Waals surface area contributed by atoms with Gasteiger partial charge in [0.15, 0.2) is 10.4 Å². The standard InChI is InChI=1S/C25H25F2N3O2S/c1-32-18-5-3-2-4-17(18)30-22-20(23(31)29-24(30)33)16(21(26)27)9-19(28-22)25-10-13-6-14(11-25)8-15(7-13)12-25/h2-5,9,13-15,21H,6-8,10-12H2,1H3,(H,29,31,33). The number of alkyl halides is 2. The fourth-order valence-electron chi connectivity index (χ4n) is 7.16. The lowest BCUT2D eigenvalue weighted by atomic mass is 9.48. The van der Waals surface area contributed by atoms with Gasteiger partial charge < -0.3 is 4.74 Å². The van der Waals surface area contributed by atoms with Crippen LogP contribution >= 0.6 is 12.2 Å². The predicted molar refractivity (Wildman–Crippen MR) is 124 cm³/mol. The number of hydrogen-bond acceptors (Lipinski definition) is 4. The summed E-state index contributed by atoms with van der Waals surface area (Å²) >= 11 is 5.50. The SMILES string of the molecule is COc1ccccc1-n1c(=S)[nH]c(=O)c2c(C(F)F)cc(C34CC5CC(CC(C5)C3)C4)nc21. The lowest BCUT2D eigenvalue weighted by Gasteiger charge is -2.56. The van der Waals surface area contributed by atoms with Gasteiger partial charge in [0.25, 0.3) is 12.0 Å². The fraction of sp³-hybridized carbons (Fsp3) is 0.480. The van der Waals surface area contributed by atoms with E-state index in [2.05, 4.69) is 4.98 Å². The summed E-state index contributed by atoms with van der Waals surface area (Å²) in [5.41, 5.74) is 0.313. The maximum absolute atomic E-state index is 14.4. The Morgan fingerprint density at radius 1 is 1.15 bits per heavy atom. The zero-order valence-corrected chi connectivity index (χ0v) is 19.1. The topological polar surface area (TPSA) is 59.9 Å². The van der Waals surface area contributed by atoms with Crippen LogP contribution < -0.4 is 10.3 Å². The van der Waals surface area contributed by atoms with Crippen LogP contribution in [0.25, 0.3) is 16.7 Å². The molecule has 4 bridgehead atoms. The van der Waals surface area contributed by atoms with Crippen LogP contribution in [0.5, 0.6) is 5.75 Å². The number of methoxy groups -OCH3 is 1. The Hall–Kier alpha value is -2.61. The molecule has 7 rings (SSSR count). The highest BCUT2D eigenvalue weighted by Gasteiger charge is 2.52. The molecule has 1 aromatic carbocycles. The van der Waals surface area contributed by atoms with Crippen molar-refractivity contribution >= 4 is 23.3 Å². The van der Waals surface area contributed by atoms with Gasteiger partial charge in [0.05, 0.1) is 18.2 Å². The van der Waals surface area contributed by atoms with Crippen LogP contribution in [0.1, 0.15) is 56.2 Å². The van der Waals surface area contributed by atoms with Crippen LogP contribution in [0.15, 0.2) is 35.1 Å². The number of benzene rings is 1. The minimum absolute atomic E-state index is 0.104. The Labute approximate surface area is 194 Å². The highest BCUT2D eigenvalue weighted by Crippen LogP contribution is 2.60. The molecule has 4 saturated carbocycles. The summed E-state index contributed by atoms with van der Waals surface area (Å²) in [6, 6.07) is 8.69. The van der Waals surface area contributed by atoms with Crippen molar-refractivity contribution in [3.63, 3.8) is 0 Å². The second-order valence-electron chi connectivity index (χ2n) is 10.1. The third-order valence-corrected chi connectivity index (χ3v) is 8.32. The van der Waals surface area contributed by atoms with E-state index in [0.29, 0.717) is 34.9 Å². The number of rotatable bonds is 4. The van der Waals surface area contributed by atoms with Gasteiger partial charge in [0.2, 0.25) is 0 Å². The van der Waals surface area contributed by atoms with Gasteiger partial charge in [-0.1, -0.05) is 12.1 Å². The third-order valence-electron chi connectivity index (χ3n) is 8.04. The van der Waals surface area contributed by atoms with Crippen molar-refractivity contribution in [2.24, 2.45) is 17.8 Å². The lowest BCUT2D eigenvalue weighted by Crippen LogP contribution is -2.49. The van der Waals surface area contributed by atoms with Crippen LogP contribution in [0, 0.1) is 22.5 Å². The summed E-state index contributed by atoms with van der Waals surface area (Å²) in [5.74, 6) is 2.43. The molecule has 8 heteroatoms. The summed E-state index contributed by atoms with van der Waals surface area (Å²) in [4.78, 5) is 20.4. The van der Waals surface area contributed by atoms with Crippen molar-refractivity contribution in [3.8, 4) is 11.4 Å². The second kappa shape index (κ2) is 7.45. The molecule has 33 heavy (non-hydrogen) atoms. The number of halogens is 2. The van der Waals surface area contributed by atoms with E-state index in [1.165, 1.54) is 32.4 Å². The first kappa shape index (κ1) is 21.0. The molecule has 2 aromatic heterocycles. The normalized spacial score (nSPS) is 28.1. The van der Waals surface area contributed by atoms with Gasteiger partial charge in [0.1, 0.15) is 5.75 Å². The van der Waals surface area contributed by atoms with E-state index in [1.54, 1.807) is 16.7 Å². The van der Waals surface area contributed by atoms with E-state index in [-0.39, 0.29) is 26.8 Å². The maximum Gasteiger partial charge on any atom is 0.264 e. The molecule has 0 atom stereocenters. The number of pyridine rings is 1. The molecule has 5 nitrogen and oxygen atoms in total. The molecule has 172 valence electrons. The highest BCUT2D eigenvalue weighted by atomic mass is 32.1. The molecule has 0 unspecified atom stereocenters. The van der Waals surface area contributed by atoms with E-state index in [4.69, 9.17) is 21.9 Å². The van der Waals surface area contributed by atoms with Crippen LogP contribution in [-0.4, -0.2) is 21.6 Å². The van der Waals surface area contributed by atoms with Gasteiger partial charge in [-0.3, -0.25) is 14.3 Å². The predicted octanol–water partition coefficient (Wildman–Crippen LogP) is 5.86. The number of hydrogen-bond donors (Lipinski definition) is 1. The maximum atomic E-state index is 14.4. The van der Waals surface area contributed by atoms with Gasteiger partial charge in [-0.15, -0.1) is 0 Å². The average Bonchev–Trinajstić information content (AvgIpc) is 2.77. The molecule has 1 N–H and O–H groups in total. The number of fused-ring (bicyclic) bond motifs is 1. The van der Waals surface area contributed by atoms with Crippen LogP contribution in [0.3, 0.4) is 0 Å². The van der Waals surface area contributed by atoms with Crippen molar-refractivity contribution < 1.29 is 13.5 Å². The summed E-state index contributed by atoms with van der Waals surface area (Å²) in [6.07, 6.45) is 3.88. The molecule has 4 aliphatic rings. The highest BCUT2D eigenvalue weighted by molar-refractivity contribution is 7.71. The summed E-state index contributed by atoms with van der Waals surface area (Å²) in [6.45, 7) is 0. The molecule has 0 radical (unpaired) electrons. The van der Waals surface area contributed by atoms with Crippen molar-refractivity contribution in [1.29, 1.82) is 0 Å². The smallest absolute Gasteiger partial charge is 0.264 e. The van der Waals surface area contributed by atoms with Crippen molar-refractivity contribution in [1.82, 2.24) is 14.5 Å². The number of para-hydroxylation sites is 2. The van der Waals surface area contributed by atoms with Crippen molar-refractivity contribution in [3.05, 3.63) is 56.7 Å². The van der Waals surface area contributed by atoms with Gasteiger partial charge in [-0.05, 0) is 86.7 Å². The Morgan fingerprint density at radius 2 is 1.79 bits per heavy atom. The molecule has 0 spiro atoms. The first-order valence-corrected chi connectivity index (χ1v) is 11.9. The lowest BCUT2D eigenvalue weighted by molar-refractivity contribution is -0.00721. The van der Waals surface area contributed by atoms with Gasteiger partial charge in [0, 0.05) is 16.7 Å². The molecule has 0 aliphatic heterocycles. The van der Waals surface area contributed by atoms with Gasteiger partial charge >= 0.3 is 0 Å². The Bertz CT molecular complexity index is 1350. The molecular formula is C25H25F2N3O2S. The Balaban J connectivity index is 1.67. The Morgan fingerprint density at radius 3 is 2.39 bits per heavy atom. The molecular weight excluding hydrogens is 444 g/mol. The molecule has 4 fully saturated rings. The second-order valence-corrected chi connectivity index (χ2v) is 10.4. The summed E-state index contributed by atoms with van der Waals surface area (Å²) < 4.78 is 35.9. The molecule has 3 aromatic rings. The zero-order valence-electron chi connectivity index (χ0n) is 18.3. The van der Waals surface area contributed by atoms with Crippen LogP contribution in [-0.2, 0) is 5.41 Å². The monoisotopic (exact) mass is 469 g/mol. The molecule has 0 amide bonds. The fourth-order valence-corrected chi connectivity index (χ4v) is 7.44. The molecule has 2 heterocycles. The summed E-state index contributed by atoms with van der Waals surface area (Å²) in [7, 11) is 1.54. The quantitative estimate of drug-likeness (QED) is 0.487. The number of aromatic nitrogens is 3. The average molecular weight is 470 g/mol. The minimum Gasteiger partial charge on any atom is -0.495 e. The number of nitrogens with zero attached hydrogens (tertiary/aromatic N) is 2. The molecule has 4 aliphatic carbocycles. The Kier molecular flexibility index (Phi) is 4.73. The van der Waals surface area contributed by atoms with E-state index in [0.717, 1.165) is 19.3 Å². The summed E-state index contributed by atoms with van der Waals surface area (Å²) in [5, 5.41) is -0.113. The largest absolute Gasteiger partial charge is 0.495 e. The van der Waals surface area contributed by atoms with Gasteiger partial charge in [-0.2, -0.15) is 0 Å². The number of ether oxygens (including phenoxy) is 1. The molecule has 0 saturated heterocycles. The third kappa shape index (κ3) is 3.17. The minimum atomic E-state index is -2.80. The van der Waals surface area contributed by atoms with Gasteiger partial charge in [-0.25, -0.2) is 13.8 Å². The first-order valence-electron chi connectivity index (χ1n) is 11.5. The van der Waals surface area contributed by atoms with E-state index in [1.807, 2.05) is 12.1 Å². The van der Waals surface area contributed by atoms with E-state index < -0.39 is 12.0 Å². The van der Waals surface area contributed by atoms with Crippen LogP contribution in [0.2, 0.25) is 0 Å². The zero-order chi connectivity index (χ0) is 22.9. The van der Waals surface area contributed by atoms with Crippen molar-refractivity contribution in [2.45, 2.75) is 50.4 Å². The van der Waals surface area contributed by atoms with E-state index in [9.17, 15) is 13.6 Å². The number of nitrogens with one attached hydrogen (secondary N) is 1. The van der Waals surface area contributed by atoms with Crippen LogP contribution in [0.4, 0.5) is 8.78 Å². The van der Waals surface area contributed by atoms with Crippen molar-refractivity contribution in [2.75, 3.05) is 7.11 Å². The first-order chi connectivity index (χ1) is 15.9. The van der Waals surface area contributed by atoms with E-state index >= 15 is 0 Å².